The highest BCUT2D eigenvalue weighted by atomic mass is 32.1. The Labute approximate surface area is 135 Å². The van der Waals surface area contributed by atoms with E-state index in [-0.39, 0.29) is 18.7 Å². The number of halogens is 3. The standard InChI is InChI=1S/C16H15F3N2OS/c17-16(18,19)12-7-4-8-21(9-12)15(22)13-10-23-14(20-13)11-5-2-1-3-6-11/h1-3,5-6,10,12H,4,7-9H2/t12-/m1/s1. The monoisotopic (exact) mass is 340 g/mol. The number of likely N-dealkylation sites (tertiary alicyclic amines) is 1. The minimum Gasteiger partial charge on any atom is -0.337 e. The third kappa shape index (κ3) is 3.55. The van der Waals surface area contributed by atoms with Gasteiger partial charge in [0.2, 0.25) is 0 Å². The van der Waals surface area contributed by atoms with Crippen LogP contribution in [0.2, 0.25) is 0 Å². The molecule has 3 rings (SSSR count). The average Bonchev–Trinajstić information content (AvgIpc) is 3.04. The van der Waals surface area contributed by atoms with Crippen LogP contribution in [0.25, 0.3) is 10.6 Å². The molecule has 1 aliphatic heterocycles. The zero-order chi connectivity index (χ0) is 16.4. The number of nitrogens with zero attached hydrogens (tertiary/aromatic N) is 2. The highest BCUT2D eigenvalue weighted by Gasteiger charge is 2.42. The lowest BCUT2D eigenvalue weighted by Gasteiger charge is -2.33. The van der Waals surface area contributed by atoms with Gasteiger partial charge in [-0.15, -0.1) is 11.3 Å². The van der Waals surface area contributed by atoms with Gasteiger partial charge in [-0.3, -0.25) is 4.79 Å². The van der Waals surface area contributed by atoms with Gasteiger partial charge >= 0.3 is 6.18 Å². The van der Waals surface area contributed by atoms with E-state index in [1.807, 2.05) is 30.3 Å². The van der Waals surface area contributed by atoms with Gasteiger partial charge in [-0.25, -0.2) is 4.98 Å². The lowest BCUT2D eigenvalue weighted by atomic mass is 9.97. The summed E-state index contributed by atoms with van der Waals surface area (Å²) in [7, 11) is 0. The number of rotatable bonds is 2. The molecule has 1 aliphatic rings. The van der Waals surface area contributed by atoms with E-state index in [0.29, 0.717) is 18.0 Å². The molecule has 3 nitrogen and oxygen atoms in total. The third-order valence-corrected chi connectivity index (χ3v) is 4.81. The molecule has 0 aliphatic carbocycles. The Morgan fingerprint density at radius 1 is 1.26 bits per heavy atom. The summed E-state index contributed by atoms with van der Waals surface area (Å²) in [5.41, 5.74) is 1.11. The molecule has 2 aromatic rings. The summed E-state index contributed by atoms with van der Waals surface area (Å²) in [6.07, 6.45) is -3.80. The van der Waals surface area contributed by atoms with Crippen molar-refractivity contribution >= 4 is 17.2 Å². The van der Waals surface area contributed by atoms with Crippen LogP contribution in [0.1, 0.15) is 23.3 Å². The number of hydrogen-bond donors (Lipinski definition) is 0. The van der Waals surface area contributed by atoms with Gasteiger partial charge in [-0.05, 0) is 12.8 Å². The summed E-state index contributed by atoms with van der Waals surface area (Å²) in [6, 6.07) is 9.39. The van der Waals surface area contributed by atoms with Gasteiger partial charge in [0.15, 0.2) is 0 Å². The summed E-state index contributed by atoms with van der Waals surface area (Å²) < 4.78 is 38.6. The van der Waals surface area contributed by atoms with E-state index in [4.69, 9.17) is 0 Å². The largest absolute Gasteiger partial charge is 0.393 e. The molecule has 0 spiro atoms. The fourth-order valence-corrected chi connectivity index (χ4v) is 3.48. The summed E-state index contributed by atoms with van der Waals surface area (Å²) in [6.45, 7) is 0.0736. The van der Waals surface area contributed by atoms with Crippen molar-refractivity contribution in [2.24, 2.45) is 5.92 Å². The number of benzene rings is 1. The Morgan fingerprint density at radius 3 is 2.70 bits per heavy atom. The van der Waals surface area contributed by atoms with Gasteiger partial charge in [0, 0.05) is 24.0 Å². The molecule has 7 heteroatoms. The number of carbonyl (C=O) groups excluding carboxylic acids is 1. The van der Waals surface area contributed by atoms with E-state index in [0.717, 1.165) is 5.56 Å². The second kappa shape index (κ2) is 6.31. The number of alkyl halides is 3. The van der Waals surface area contributed by atoms with Gasteiger partial charge in [0.25, 0.3) is 5.91 Å². The van der Waals surface area contributed by atoms with E-state index in [2.05, 4.69) is 4.98 Å². The smallest absolute Gasteiger partial charge is 0.337 e. The molecule has 0 bridgehead atoms. The second-order valence-corrected chi connectivity index (χ2v) is 6.39. The average molecular weight is 340 g/mol. The van der Waals surface area contributed by atoms with Crippen LogP contribution in [-0.4, -0.2) is 35.1 Å². The predicted octanol–water partition coefficient (Wildman–Crippen LogP) is 4.22. The molecule has 0 radical (unpaired) electrons. The second-order valence-electron chi connectivity index (χ2n) is 5.54. The van der Waals surface area contributed by atoms with E-state index >= 15 is 0 Å². The maximum absolute atomic E-state index is 12.9. The van der Waals surface area contributed by atoms with E-state index in [1.54, 1.807) is 5.38 Å². The van der Waals surface area contributed by atoms with Crippen molar-refractivity contribution in [3.8, 4) is 10.6 Å². The van der Waals surface area contributed by atoms with Crippen molar-refractivity contribution in [3.63, 3.8) is 0 Å². The lowest BCUT2D eigenvalue weighted by Crippen LogP contribution is -2.44. The molecular formula is C16H15F3N2OS. The number of hydrogen-bond acceptors (Lipinski definition) is 3. The minimum atomic E-state index is -4.25. The maximum atomic E-state index is 12.9. The highest BCUT2D eigenvalue weighted by molar-refractivity contribution is 7.13. The number of piperidine rings is 1. The van der Waals surface area contributed by atoms with Crippen molar-refractivity contribution in [2.75, 3.05) is 13.1 Å². The summed E-state index contributed by atoms with van der Waals surface area (Å²) in [5, 5.41) is 2.31. The van der Waals surface area contributed by atoms with Crippen LogP contribution in [0, 0.1) is 5.92 Å². The molecule has 0 unspecified atom stereocenters. The van der Waals surface area contributed by atoms with E-state index in [1.165, 1.54) is 16.2 Å². The van der Waals surface area contributed by atoms with Gasteiger partial charge in [-0.2, -0.15) is 13.2 Å². The molecule has 1 fully saturated rings. The SMILES string of the molecule is O=C(c1csc(-c2ccccc2)n1)N1CCC[C@@H](C(F)(F)F)C1. The third-order valence-electron chi connectivity index (χ3n) is 3.92. The fourth-order valence-electron chi connectivity index (χ4n) is 2.68. The van der Waals surface area contributed by atoms with Gasteiger partial charge < -0.3 is 4.90 Å². The Hall–Kier alpha value is -1.89. The van der Waals surface area contributed by atoms with Crippen molar-refractivity contribution in [3.05, 3.63) is 41.4 Å². The highest BCUT2D eigenvalue weighted by Crippen LogP contribution is 2.33. The Balaban J connectivity index is 1.75. The maximum Gasteiger partial charge on any atom is 0.393 e. The number of aromatic nitrogens is 1. The Kier molecular flexibility index (Phi) is 4.39. The summed E-state index contributed by atoms with van der Waals surface area (Å²) >= 11 is 1.32. The number of thiazole rings is 1. The van der Waals surface area contributed by atoms with Crippen molar-refractivity contribution < 1.29 is 18.0 Å². The molecule has 0 saturated carbocycles. The first kappa shape index (κ1) is 16.0. The molecular weight excluding hydrogens is 325 g/mol. The Morgan fingerprint density at radius 2 is 2.00 bits per heavy atom. The van der Waals surface area contributed by atoms with Crippen LogP contribution < -0.4 is 0 Å². The zero-order valence-electron chi connectivity index (χ0n) is 12.2. The summed E-state index contributed by atoms with van der Waals surface area (Å²) in [5.74, 6) is -1.86. The van der Waals surface area contributed by atoms with E-state index < -0.39 is 18.0 Å². The molecule has 122 valence electrons. The van der Waals surface area contributed by atoms with Crippen molar-refractivity contribution in [1.82, 2.24) is 9.88 Å². The predicted molar refractivity (Wildman–Crippen MR) is 82.2 cm³/mol. The molecule has 0 N–H and O–H groups in total. The molecule has 1 saturated heterocycles. The van der Waals surface area contributed by atoms with Crippen LogP contribution >= 0.6 is 11.3 Å². The van der Waals surface area contributed by atoms with Crippen LogP contribution in [0.5, 0.6) is 0 Å². The molecule has 1 aromatic carbocycles. The first-order chi connectivity index (χ1) is 10.9. The quantitative estimate of drug-likeness (QED) is 0.820. The molecule has 1 aromatic heterocycles. The normalized spacial score (nSPS) is 18.9. The number of amides is 1. The lowest BCUT2D eigenvalue weighted by molar-refractivity contribution is -0.184. The van der Waals surface area contributed by atoms with Crippen LogP contribution in [0.4, 0.5) is 13.2 Å². The van der Waals surface area contributed by atoms with Crippen LogP contribution in [0.15, 0.2) is 35.7 Å². The van der Waals surface area contributed by atoms with Crippen LogP contribution in [0.3, 0.4) is 0 Å². The minimum absolute atomic E-state index is 0.0829. The Bertz CT molecular complexity index is 684. The molecule has 23 heavy (non-hydrogen) atoms. The first-order valence-electron chi connectivity index (χ1n) is 7.32. The van der Waals surface area contributed by atoms with Gasteiger partial charge in [0.05, 0.1) is 5.92 Å². The zero-order valence-corrected chi connectivity index (χ0v) is 13.0. The molecule has 1 amide bonds. The number of carbonyl (C=O) groups is 1. The van der Waals surface area contributed by atoms with Gasteiger partial charge in [-0.1, -0.05) is 30.3 Å². The van der Waals surface area contributed by atoms with Crippen molar-refractivity contribution in [2.45, 2.75) is 19.0 Å². The van der Waals surface area contributed by atoms with Crippen LogP contribution in [-0.2, 0) is 0 Å². The topological polar surface area (TPSA) is 33.2 Å². The van der Waals surface area contributed by atoms with Gasteiger partial charge in [0.1, 0.15) is 10.7 Å². The molecule has 1 atom stereocenters. The fraction of sp³-hybridized carbons (Fsp3) is 0.375. The summed E-state index contributed by atoms with van der Waals surface area (Å²) in [4.78, 5) is 18.0. The van der Waals surface area contributed by atoms with E-state index in [9.17, 15) is 18.0 Å². The first-order valence-corrected chi connectivity index (χ1v) is 8.20. The molecule has 2 heterocycles. The van der Waals surface area contributed by atoms with Crippen molar-refractivity contribution in [1.29, 1.82) is 0 Å².